The van der Waals surface area contributed by atoms with Gasteiger partial charge in [0, 0.05) is 31.6 Å². The second-order valence-corrected chi connectivity index (χ2v) is 7.13. The van der Waals surface area contributed by atoms with Crippen molar-refractivity contribution in [2.24, 2.45) is 11.8 Å². The van der Waals surface area contributed by atoms with E-state index in [4.69, 9.17) is 0 Å². The molecule has 3 rings (SSSR count). The molecule has 2 atom stereocenters. The summed E-state index contributed by atoms with van der Waals surface area (Å²) in [6.45, 7) is 4.61. The first-order valence-corrected chi connectivity index (χ1v) is 8.76. The van der Waals surface area contributed by atoms with Crippen LogP contribution >= 0.6 is 0 Å². The fourth-order valence-electron chi connectivity index (χ4n) is 3.80. The van der Waals surface area contributed by atoms with Crippen molar-refractivity contribution in [1.82, 2.24) is 9.80 Å². The van der Waals surface area contributed by atoms with Crippen LogP contribution in [0.5, 0.6) is 0 Å². The normalized spacial score (nSPS) is 30.9. The van der Waals surface area contributed by atoms with Crippen molar-refractivity contribution in [2.75, 3.05) is 19.6 Å². The quantitative estimate of drug-likeness (QED) is 0.784. The highest BCUT2D eigenvalue weighted by Gasteiger charge is 2.38. The van der Waals surface area contributed by atoms with Crippen molar-refractivity contribution in [3.8, 4) is 0 Å². The van der Waals surface area contributed by atoms with Crippen LogP contribution in [0, 0.1) is 11.8 Å². The molecule has 2 saturated heterocycles. The largest absolute Gasteiger partial charge is 0.342 e. The molecule has 21 heavy (non-hydrogen) atoms. The van der Waals surface area contributed by atoms with Gasteiger partial charge in [-0.3, -0.25) is 9.59 Å². The van der Waals surface area contributed by atoms with Gasteiger partial charge in [0.15, 0.2) is 0 Å². The van der Waals surface area contributed by atoms with Crippen molar-refractivity contribution in [3.63, 3.8) is 0 Å². The Morgan fingerprint density at radius 1 is 0.810 bits per heavy atom. The molecule has 0 unspecified atom stereocenters. The fraction of sp³-hybridized carbons (Fsp3) is 0.882. The summed E-state index contributed by atoms with van der Waals surface area (Å²) in [4.78, 5) is 29.1. The van der Waals surface area contributed by atoms with Gasteiger partial charge in [0.2, 0.25) is 11.8 Å². The monoisotopic (exact) mass is 292 g/mol. The van der Waals surface area contributed by atoms with Gasteiger partial charge in [-0.1, -0.05) is 12.8 Å². The van der Waals surface area contributed by atoms with Gasteiger partial charge in [-0.15, -0.1) is 0 Å². The molecule has 0 aromatic rings. The Labute approximate surface area is 127 Å². The third-order valence-electron chi connectivity index (χ3n) is 5.34. The van der Waals surface area contributed by atoms with Gasteiger partial charge in [0.1, 0.15) is 0 Å². The molecule has 1 saturated carbocycles. The fourth-order valence-corrected chi connectivity index (χ4v) is 3.80. The van der Waals surface area contributed by atoms with Crippen molar-refractivity contribution < 1.29 is 9.59 Å². The molecule has 118 valence electrons. The molecular weight excluding hydrogens is 264 g/mol. The molecule has 0 aromatic heterocycles. The molecule has 0 radical (unpaired) electrons. The summed E-state index contributed by atoms with van der Waals surface area (Å²) in [7, 11) is 0. The minimum Gasteiger partial charge on any atom is -0.342 e. The average Bonchev–Trinajstić information content (AvgIpc) is 3.34. The Kier molecular flexibility index (Phi) is 4.51. The number of hydrogen-bond donors (Lipinski definition) is 0. The van der Waals surface area contributed by atoms with Crippen molar-refractivity contribution in [2.45, 2.75) is 64.3 Å². The molecule has 0 N–H and O–H groups in total. The molecule has 2 aliphatic heterocycles. The topological polar surface area (TPSA) is 40.6 Å². The van der Waals surface area contributed by atoms with Gasteiger partial charge >= 0.3 is 0 Å². The molecule has 4 nitrogen and oxygen atoms in total. The molecule has 2 amide bonds. The van der Waals surface area contributed by atoms with Crippen LogP contribution in [0.1, 0.15) is 58.3 Å². The van der Waals surface area contributed by atoms with Gasteiger partial charge in [-0.25, -0.2) is 0 Å². The SMILES string of the molecule is C[C@H]1CCCCCN1C(=O)[C@@H]1CCCN(C(=O)C2CC2)C1. The van der Waals surface area contributed by atoms with E-state index in [-0.39, 0.29) is 11.8 Å². The van der Waals surface area contributed by atoms with Gasteiger partial charge in [0.25, 0.3) is 0 Å². The Morgan fingerprint density at radius 3 is 2.38 bits per heavy atom. The van der Waals surface area contributed by atoms with Gasteiger partial charge in [0.05, 0.1) is 5.92 Å². The van der Waals surface area contributed by atoms with Gasteiger partial charge < -0.3 is 9.80 Å². The second kappa shape index (κ2) is 6.37. The Morgan fingerprint density at radius 2 is 1.62 bits per heavy atom. The summed E-state index contributed by atoms with van der Waals surface area (Å²) in [6.07, 6.45) is 8.78. The highest BCUT2D eigenvalue weighted by molar-refractivity contribution is 5.83. The third-order valence-corrected chi connectivity index (χ3v) is 5.34. The van der Waals surface area contributed by atoms with E-state index >= 15 is 0 Å². The lowest BCUT2D eigenvalue weighted by molar-refractivity contribution is -0.142. The van der Waals surface area contributed by atoms with E-state index in [0.29, 0.717) is 24.4 Å². The smallest absolute Gasteiger partial charge is 0.227 e. The maximum Gasteiger partial charge on any atom is 0.227 e. The zero-order chi connectivity index (χ0) is 14.8. The van der Waals surface area contributed by atoms with Crippen LogP contribution < -0.4 is 0 Å². The van der Waals surface area contributed by atoms with Gasteiger partial charge in [-0.2, -0.15) is 0 Å². The Balaban J connectivity index is 1.61. The summed E-state index contributed by atoms with van der Waals surface area (Å²) in [5.74, 6) is 0.923. The molecule has 0 spiro atoms. The number of nitrogens with zero attached hydrogens (tertiary/aromatic N) is 2. The minimum absolute atomic E-state index is 0.0435. The minimum atomic E-state index is 0.0435. The average molecular weight is 292 g/mol. The van der Waals surface area contributed by atoms with E-state index in [9.17, 15) is 9.59 Å². The van der Waals surface area contributed by atoms with E-state index in [1.165, 1.54) is 12.8 Å². The number of amides is 2. The maximum absolute atomic E-state index is 12.9. The van der Waals surface area contributed by atoms with E-state index < -0.39 is 0 Å². The Bertz CT molecular complexity index is 406. The van der Waals surface area contributed by atoms with Crippen LogP contribution in [-0.2, 0) is 9.59 Å². The first-order chi connectivity index (χ1) is 10.2. The molecule has 1 aliphatic carbocycles. The summed E-state index contributed by atoms with van der Waals surface area (Å²) < 4.78 is 0. The first kappa shape index (κ1) is 14.9. The zero-order valence-electron chi connectivity index (χ0n) is 13.2. The third kappa shape index (κ3) is 3.41. The predicted molar refractivity (Wildman–Crippen MR) is 81.7 cm³/mol. The molecule has 0 aromatic carbocycles. The predicted octanol–water partition coefficient (Wildman–Crippen LogP) is 2.43. The molecular formula is C17H28N2O2. The molecule has 3 aliphatic rings. The van der Waals surface area contributed by atoms with Crippen molar-refractivity contribution in [3.05, 3.63) is 0 Å². The lowest BCUT2D eigenvalue weighted by Crippen LogP contribution is -2.49. The van der Waals surface area contributed by atoms with E-state index in [2.05, 4.69) is 11.8 Å². The lowest BCUT2D eigenvalue weighted by Gasteiger charge is -2.36. The Hall–Kier alpha value is -1.06. The van der Waals surface area contributed by atoms with Crippen LogP contribution in [0.2, 0.25) is 0 Å². The standard InChI is InChI=1S/C17H28N2O2/c1-13-6-3-2-4-11-19(13)17(21)15-7-5-10-18(12-15)16(20)14-8-9-14/h13-15H,2-12H2,1H3/t13-,15+/m0/s1. The maximum atomic E-state index is 12.9. The number of likely N-dealkylation sites (tertiary alicyclic amines) is 2. The summed E-state index contributed by atoms with van der Waals surface area (Å²) in [5, 5.41) is 0. The molecule has 3 fully saturated rings. The molecule has 0 bridgehead atoms. The first-order valence-electron chi connectivity index (χ1n) is 8.76. The highest BCUT2D eigenvalue weighted by Crippen LogP contribution is 2.33. The van der Waals surface area contributed by atoms with E-state index in [1.807, 2.05) is 4.90 Å². The number of piperidine rings is 1. The van der Waals surface area contributed by atoms with E-state index in [1.54, 1.807) is 0 Å². The van der Waals surface area contributed by atoms with Crippen LogP contribution in [0.15, 0.2) is 0 Å². The number of rotatable bonds is 2. The number of carbonyl (C=O) groups excluding carboxylic acids is 2. The van der Waals surface area contributed by atoms with Crippen molar-refractivity contribution >= 4 is 11.8 Å². The number of carbonyl (C=O) groups is 2. The van der Waals surface area contributed by atoms with Crippen LogP contribution in [0.3, 0.4) is 0 Å². The van der Waals surface area contributed by atoms with Crippen LogP contribution in [0.25, 0.3) is 0 Å². The van der Waals surface area contributed by atoms with Crippen LogP contribution in [0.4, 0.5) is 0 Å². The number of hydrogen-bond acceptors (Lipinski definition) is 2. The van der Waals surface area contributed by atoms with Crippen LogP contribution in [-0.4, -0.2) is 47.3 Å². The van der Waals surface area contributed by atoms with Gasteiger partial charge in [-0.05, 0) is 45.4 Å². The summed E-state index contributed by atoms with van der Waals surface area (Å²) in [5.41, 5.74) is 0. The second-order valence-electron chi connectivity index (χ2n) is 7.13. The highest BCUT2D eigenvalue weighted by atomic mass is 16.2. The zero-order valence-corrected chi connectivity index (χ0v) is 13.2. The molecule has 2 heterocycles. The van der Waals surface area contributed by atoms with E-state index in [0.717, 1.165) is 51.6 Å². The summed E-state index contributed by atoms with van der Waals surface area (Å²) >= 11 is 0. The molecule has 4 heteroatoms. The lowest BCUT2D eigenvalue weighted by atomic mass is 9.95. The summed E-state index contributed by atoms with van der Waals surface area (Å²) in [6, 6.07) is 0.370. The van der Waals surface area contributed by atoms with Crippen molar-refractivity contribution in [1.29, 1.82) is 0 Å².